The molecule has 2 aliphatic carbocycles. The fourth-order valence-electron chi connectivity index (χ4n) is 10.8. The van der Waals surface area contributed by atoms with Crippen LogP contribution in [-0.4, -0.2) is 20.6 Å². The van der Waals surface area contributed by atoms with E-state index in [0.29, 0.717) is 17.8 Å². The molecular formula is C64H46N4. The molecule has 322 valence electrons. The first-order chi connectivity index (χ1) is 33.7. The zero-order chi connectivity index (χ0) is 45.0. The number of hydrogen-bond acceptors (Lipinski definition) is 3. The molecule has 0 N–H and O–H groups in total. The highest BCUT2D eigenvalue weighted by Gasteiger charge is 2.37. The topological polar surface area (TPSA) is 34.0 Å². The fraction of sp³-hybridized carbons (Fsp3) is 0.0625. The number of nitrogens with zero attached hydrogens (tertiary/aromatic N) is 4. The Morgan fingerprint density at radius 3 is 1.68 bits per heavy atom. The molecule has 2 unspecified atom stereocenters. The van der Waals surface area contributed by atoms with Gasteiger partial charge in [0.25, 0.3) is 0 Å². The summed E-state index contributed by atoms with van der Waals surface area (Å²) in [5.74, 6) is 0.984. The molecule has 8 aromatic carbocycles. The largest absolute Gasteiger partial charge is 0.333 e. The number of para-hydroxylation sites is 3. The first kappa shape index (κ1) is 39.7. The van der Waals surface area contributed by atoms with Crippen molar-refractivity contribution in [2.24, 2.45) is 5.92 Å². The fourth-order valence-corrected chi connectivity index (χ4v) is 10.8. The Hall–Kier alpha value is -8.60. The summed E-state index contributed by atoms with van der Waals surface area (Å²) >= 11 is 0. The molecule has 2 atom stereocenters. The number of benzene rings is 8. The lowest BCUT2D eigenvalue weighted by Crippen LogP contribution is -2.28. The van der Waals surface area contributed by atoms with E-state index in [4.69, 9.17) is 9.97 Å². The molecule has 0 bridgehead atoms. The van der Waals surface area contributed by atoms with Crippen molar-refractivity contribution in [1.29, 1.82) is 0 Å². The first-order valence-electron chi connectivity index (χ1n) is 23.7. The Bertz CT molecular complexity index is 3480. The summed E-state index contributed by atoms with van der Waals surface area (Å²) in [5.41, 5.74) is 21.3. The molecule has 4 nitrogen and oxygen atoms in total. The van der Waals surface area contributed by atoms with Crippen LogP contribution in [0, 0.1) is 5.92 Å². The van der Waals surface area contributed by atoms with Crippen LogP contribution in [0.15, 0.2) is 242 Å². The van der Waals surface area contributed by atoms with Crippen LogP contribution in [0.25, 0.3) is 84.4 Å². The molecule has 0 amide bonds. The van der Waals surface area contributed by atoms with Crippen LogP contribution in [0.1, 0.15) is 23.2 Å². The standard InChI is InChI=1S/C64H46N4/c1-4-14-43(15-5-1)45-24-28-47(29-25-45)58-42-59(48-30-26-46(27-31-48)44-16-6-2-7-17-44)66-64(65-58)49-32-36-53(37-33-49)68-61-23-13-11-21-55(61)57-41-51(35-39-63(57)68)50-34-38-62-56(40-50)54-20-10-12-22-60(54)67(62)52-18-8-3-9-19-52/h1-37,39-40,42,51,62H,38,41H2. The minimum Gasteiger partial charge on any atom is -0.333 e. The number of rotatable bonds is 8. The van der Waals surface area contributed by atoms with Crippen LogP contribution in [0.4, 0.5) is 11.4 Å². The van der Waals surface area contributed by atoms with Crippen molar-refractivity contribution in [3.63, 3.8) is 0 Å². The smallest absolute Gasteiger partial charge is 0.160 e. The lowest BCUT2D eigenvalue weighted by atomic mass is 9.81. The van der Waals surface area contributed by atoms with Crippen molar-refractivity contribution in [2.45, 2.75) is 18.9 Å². The number of aromatic nitrogens is 3. The summed E-state index contributed by atoms with van der Waals surface area (Å²) in [5, 5.41) is 1.31. The number of hydrogen-bond donors (Lipinski definition) is 0. The predicted octanol–water partition coefficient (Wildman–Crippen LogP) is 15.9. The average Bonchev–Trinajstić information content (AvgIpc) is 3.94. The molecular weight excluding hydrogens is 825 g/mol. The van der Waals surface area contributed by atoms with Crippen molar-refractivity contribution < 1.29 is 0 Å². The van der Waals surface area contributed by atoms with E-state index < -0.39 is 0 Å². The Morgan fingerprint density at radius 1 is 0.471 bits per heavy atom. The monoisotopic (exact) mass is 870 g/mol. The summed E-state index contributed by atoms with van der Waals surface area (Å²) in [4.78, 5) is 13.0. The lowest BCUT2D eigenvalue weighted by molar-refractivity contribution is 0.737. The average molecular weight is 871 g/mol. The third-order valence-corrected chi connectivity index (χ3v) is 14.1. The molecule has 3 heterocycles. The molecule has 0 fully saturated rings. The third kappa shape index (κ3) is 7.01. The number of fused-ring (bicyclic) bond motifs is 6. The molecule has 10 aromatic rings. The highest BCUT2D eigenvalue weighted by Crippen LogP contribution is 2.49. The van der Waals surface area contributed by atoms with E-state index in [1.807, 2.05) is 0 Å². The van der Waals surface area contributed by atoms with Crippen LogP contribution in [0.5, 0.6) is 0 Å². The van der Waals surface area contributed by atoms with Crippen molar-refractivity contribution in [3.8, 4) is 61.8 Å². The zero-order valence-electron chi connectivity index (χ0n) is 37.5. The van der Waals surface area contributed by atoms with Gasteiger partial charge >= 0.3 is 0 Å². The summed E-state index contributed by atoms with van der Waals surface area (Å²) in [6, 6.07) is 78.3. The number of allylic oxidation sites excluding steroid dienone is 3. The summed E-state index contributed by atoms with van der Waals surface area (Å²) in [6.45, 7) is 0. The molecule has 0 saturated carbocycles. The van der Waals surface area contributed by atoms with E-state index in [1.165, 1.54) is 72.5 Å². The zero-order valence-corrected chi connectivity index (χ0v) is 37.5. The van der Waals surface area contributed by atoms with Crippen LogP contribution < -0.4 is 4.90 Å². The SMILES string of the molecule is C1=CC(C2=CCC3C(=C2)c2ccccc2N3c2ccccc2)Cc2c1n(-c1ccc(-c3nc(-c4ccc(-c5ccccc5)cc4)cc(-c4ccc(-c5ccccc5)cc4)n3)cc1)c1ccccc21. The molecule has 2 aromatic heterocycles. The predicted molar refractivity (Wildman–Crippen MR) is 282 cm³/mol. The molecule has 0 saturated heterocycles. The van der Waals surface area contributed by atoms with Crippen LogP contribution in [-0.2, 0) is 6.42 Å². The molecule has 0 radical (unpaired) electrons. The van der Waals surface area contributed by atoms with Crippen LogP contribution >= 0.6 is 0 Å². The third-order valence-electron chi connectivity index (χ3n) is 14.1. The van der Waals surface area contributed by atoms with Gasteiger partial charge in [-0.05, 0) is 112 Å². The summed E-state index contributed by atoms with van der Waals surface area (Å²) in [7, 11) is 0. The minimum atomic E-state index is 0.290. The van der Waals surface area contributed by atoms with Crippen LogP contribution in [0.2, 0.25) is 0 Å². The van der Waals surface area contributed by atoms with E-state index in [2.05, 4.69) is 252 Å². The highest BCUT2D eigenvalue weighted by molar-refractivity contribution is 5.95. The van der Waals surface area contributed by atoms with E-state index in [9.17, 15) is 0 Å². The molecule has 68 heavy (non-hydrogen) atoms. The van der Waals surface area contributed by atoms with Gasteiger partial charge in [0.05, 0.1) is 22.9 Å². The molecule has 3 aliphatic rings. The van der Waals surface area contributed by atoms with Gasteiger partial charge in [0.2, 0.25) is 0 Å². The van der Waals surface area contributed by atoms with Gasteiger partial charge in [0.15, 0.2) is 5.82 Å². The first-order valence-corrected chi connectivity index (χ1v) is 23.7. The quantitative estimate of drug-likeness (QED) is 0.153. The second-order valence-electron chi connectivity index (χ2n) is 18.1. The van der Waals surface area contributed by atoms with Gasteiger partial charge in [-0.1, -0.05) is 182 Å². The second kappa shape index (κ2) is 16.7. The van der Waals surface area contributed by atoms with Crippen molar-refractivity contribution in [1.82, 2.24) is 14.5 Å². The maximum absolute atomic E-state index is 5.24. The van der Waals surface area contributed by atoms with Gasteiger partial charge in [0.1, 0.15) is 0 Å². The van der Waals surface area contributed by atoms with Gasteiger partial charge in [-0.15, -0.1) is 0 Å². The molecule has 0 spiro atoms. The van der Waals surface area contributed by atoms with Gasteiger partial charge in [-0.25, -0.2) is 9.97 Å². The van der Waals surface area contributed by atoms with Gasteiger partial charge in [0, 0.05) is 56.3 Å². The van der Waals surface area contributed by atoms with E-state index in [1.54, 1.807) is 0 Å². The Balaban J connectivity index is 0.833. The van der Waals surface area contributed by atoms with Crippen molar-refractivity contribution in [3.05, 3.63) is 259 Å². The van der Waals surface area contributed by atoms with E-state index in [-0.39, 0.29) is 0 Å². The van der Waals surface area contributed by atoms with Gasteiger partial charge < -0.3 is 9.47 Å². The second-order valence-corrected chi connectivity index (χ2v) is 18.1. The Morgan fingerprint density at radius 2 is 1.01 bits per heavy atom. The van der Waals surface area contributed by atoms with Gasteiger partial charge in [-0.2, -0.15) is 0 Å². The number of anilines is 2. The maximum atomic E-state index is 5.24. The summed E-state index contributed by atoms with van der Waals surface area (Å²) < 4.78 is 2.43. The van der Waals surface area contributed by atoms with Crippen molar-refractivity contribution >= 4 is 33.9 Å². The van der Waals surface area contributed by atoms with E-state index in [0.717, 1.165) is 46.6 Å². The normalized spacial score (nSPS) is 15.9. The minimum absolute atomic E-state index is 0.290. The molecule has 1 aliphatic heterocycles. The van der Waals surface area contributed by atoms with Gasteiger partial charge in [-0.3, -0.25) is 0 Å². The summed E-state index contributed by atoms with van der Waals surface area (Å²) in [6.07, 6.45) is 11.7. The van der Waals surface area contributed by atoms with Crippen molar-refractivity contribution in [2.75, 3.05) is 4.90 Å². The highest BCUT2D eigenvalue weighted by atomic mass is 15.2. The molecule has 4 heteroatoms. The maximum Gasteiger partial charge on any atom is 0.160 e. The molecule has 13 rings (SSSR count). The lowest BCUT2D eigenvalue weighted by Gasteiger charge is -2.31. The Kier molecular flexibility index (Phi) is 9.75. The Labute approximate surface area is 397 Å². The van der Waals surface area contributed by atoms with E-state index >= 15 is 0 Å². The van der Waals surface area contributed by atoms with Crippen LogP contribution in [0.3, 0.4) is 0 Å².